The molecule has 5 heteroatoms. The van der Waals surface area contributed by atoms with Crippen LogP contribution in [0.3, 0.4) is 0 Å². The first-order valence-electron chi connectivity index (χ1n) is 8.34. The molecule has 126 valence electrons. The van der Waals surface area contributed by atoms with Crippen molar-refractivity contribution >= 4 is 17.7 Å². The Labute approximate surface area is 142 Å². The summed E-state index contributed by atoms with van der Waals surface area (Å²) in [7, 11) is 0. The number of carbonyl (C=O) groups excluding carboxylic acids is 1. The average molecular weight is 334 g/mol. The summed E-state index contributed by atoms with van der Waals surface area (Å²) < 4.78 is 5.86. The van der Waals surface area contributed by atoms with Gasteiger partial charge in [-0.3, -0.25) is 4.79 Å². The molecule has 23 heavy (non-hydrogen) atoms. The van der Waals surface area contributed by atoms with E-state index in [1.54, 1.807) is 11.8 Å². The van der Waals surface area contributed by atoms with Crippen molar-refractivity contribution in [1.82, 2.24) is 5.32 Å². The first-order chi connectivity index (χ1) is 11.0. The largest absolute Gasteiger partial charge is 0.377 e. The number of hydrogen-bond acceptors (Lipinski definition) is 4. The highest BCUT2D eigenvalue weighted by molar-refractivity contribution is 7.99. The van der Waals surface area contributed by atoms with Crippen LogP contribution in [0.1, 0.15) is 26.7 Å². The summed E-state index contributed by atoms with van der Waals surface area (Å²) in [5.74, 6) is 0.965. The Morgan fingerprint density at radius 2 is 2.13 bits per heavy atom. The van der Waals surface area contributed by atoms with Gasteiger partial charge < -0.3 is 15.8 Å². The van der Waals surface area contributed by atoms with E-state index in [4.69, 9.17) is 10.5 Å². The number of benzene rings is 1. The SMILES string of the molecule is CC1(C)C2OCCCC2C1(N)C(=O)NCCSc1ccccc1. The van der Waals surface area contributed by atoms with Gasteiger partial charge >= 0.3 is 0 Å². The lowest BCUT2D eigenvalue weighted by molar-refractivity contribution is -0.225. The monoisotopic (exact) mass is 334 g/mol. The molecule has 3 rings (SSSR count). The van der Waals surface area contributed by atoms with Gasteiger partial charge in [0.25, 0.3) is 0 Å². The minimum absolute atomic E-state index is 0.0251. The summed E-state index contributed by atoms with van der Waals surface area (Å²) in [6.07, 6.45) is 2.09. The van der Waals surface area contributed by atoms with Crippen LogP contribution >= 0.6 is 11.8 Å². The molecule has 1 aliphatic carbocycles. The predicted octanol–water partition coefficient (Wildman–Crippen LogP) is 2.43. The van der Waals surface area contributed by atoms with Gasteiger partial charge in [0, 0.05) is 35.1 Å². The number of amides is 1. The highest BCUT2D eigenvalue weighted by atomic mass is 32.2. The molecule has 1 saturated heterocycles. The van der Waals surface area contributed by atoms with E-state index in [-0.39, 0.29) is 23.3 Å². The quantitative estimate of drug-likeness (QED) is 0.641. The summed E-state index contributed by atoms with van der Waals surface area (Å²) in [6.45, 7) is 5.53. The molecule has 1 amide bonds. The summed E-state index contributed by atoms with van der Waals surface area (Å²) in [5, 5.41) is 3.04. The topological polar surface area (TPSA) is 64.3 Å². The molecule has 1 heterocycles. The number of rotatable bonds is 5. The third-order valence-corrected chi connectivity index (χ3v) is 6.47. The molecule has 0 aromatic heterocycles. The number of nitrogens with one attached hydrogen (secondary N) is 1. The fourth-order valence-electron chi connectivity index (χ4n) is 4.03. The predicted molar refractivity (Wildman–Crippen MR) is 93.3 cm³/mol. The standard InChI is InChI=1S/C18H26N2O2S/c1-17(2)15-14(9-6-11-22-15)18(17,19)16(21)20-10-12-23-13-7-4-3-5-8-13/h3-5,7-8,14-15H,6,9-12,19H2,1-2H3,(H,20,21). The Bertz CT molecular complexity index is 563. The Kier molecular flexibility index (Phi) is 4.72. The highest BCUT2D eigenvalue weighted by Gasteiger charge is 2.70. The second-order valence-electron chi connectivity index (χ2n) is 7.05. The van der Waals surface area contributed by atoms with Crippen LogP contribution in [0.5, 0.6) is 0 Å². The van der Waals surface area contributed by atoms with Crippen LogP contribution in [-0.4, -0.2) is 36.5 Å². The zero-order valence-corrected chi connectivity index (χ0v) is 14.7. The van der Waals surface area contributed by atoms with E-state index in [1.807, 2.05) is 18.2 Å². The Hall–Kier alpha value is -1.04. The fourth-order valence-corrected chi connectivity index (χ4v) is 4.82. The maximum absolute atomic E-state index is 12.7. The van der Waals surface area contributed by atoms with Crippen molar-refractivity contribution in [3.05, 3.63) is 30.3 Å². The van der Waals surface area contributed by atoms with E-state index < -0.39 is 5.54 Å². The molecule has 1 saturated carbocycles. The smallest absolute Gasteiger partial charge is 0.241 e. The Balaban J connectivity index is 1.53. The molecule has 1 aliphatic heterocycles. The third kappa shape index (κ3) is 2.79. The van der Waals surface area contributed by atoms with Gasteiger partial charge in [-0.1, -0.05) is 32.0 Å². The zero-order chi connectivity index (χ0) is 16.5. The highest BCUT2D eigenvalue weighted by Crippen LogP contribution is 2.57. The zero-order valence-electron chi connectivity index (χ0n) is 13.9. The van der Waals surface area contributed by atoms with E-state index in [0.717, 1.165) is 25.2 Å². The third-order valence-electron chi connectivity index (χ3n) is 5.46. The van der Waals surface area contributed by atoms with Crippen molar-refractivity contribution in [2.75, 3.05) is 18.9 Å². The van der Waals surface area contributed by atoms with E-state index in [0.29, 0.717) is 6.54 Å². The summed E-state index contributed by atoms with van der Waals surface area (Å²) >= 11 is 1.74. The average Bonchev–Trinajstić information content (AvgIpc) is 2.58. The summed E-state index contributed by atoms with van der Waals surface area (Å²) in [6, 6.07) is 10.2. The molecule has 0 bridgehead atoms. The maximum atomic E-state index is 12.7. The van der Waals surface area contributed by atoms with Gasteiger partial charge in [0.05, 0.1) is 6.10 Å². The van der Waals surface area contributed by atoms with E-state index in [1.165, 1.54) is 4.90 Å². The van der Waals surface area contributed by atoms with Crippen LogP contribution in [0.25, 0.3) is 0 Å². The lowest BCUT2D eigenvalue weighted by Gasteiger charge is -2.65. The summed E-state index contributed by atoms with van der Waals surface area (Å²) in [5.41, 5.74) is 5.45. The molecule has 1 aromatic carbocycles. The minimum Gasteiger partial charge on any atom is -0.377 e. The molecular weight excluding hydrogens is 308 g/mol. The van der Waals surface area contributed by atoms with Gasteiger partial charge in [-0.05, 0) is 25.0 Å². The number of fused-ring (bicyclic) bond motifs is 1. The van der Waals surface area contributed by atoms with Crippen molar-refractivity contribution in [2.24, 2.45) is 17.1 Å². The first kappa shape index (κ1) is 16.8. The Morgan fingerprint density at radius 3 is 2.87 bits per heavy atom. The molecule has 2 fully saturated rings. The number of nitrogens with two attached hydrogens (primary N) is 1. The molecule has 4 nitrogen and oxygen atoms in total. The lowest BCUT2D eigenvalue weighted by atomic mass is 9.46. The van der Waals surface area contributed by atoms with Crippen LogP contribution < -0.4 is 11.1 Å². The van der Waals surface area contributed by atoms with Gasteiger partial charge in [-0.25, -0.2) is 0 Å². The van der Waals surface area contributed by atoms with Crippen LogP contribution in [0.15, 0.2) is 35.2 Å². The molecule has 2 aliphatic rings. The van der Waals surface area contributed by atoms with Crippen molar-refractivity contribution in [2.45, 2.75) is 43.2 Å². The van der Waals surface area contributed by atoms with Gasteiger partial charge in [0.2, 0.25) is 5.91 Å². The second-order valence-corrected chi connectivity index (χ2v) is 8.22. The molecule has 1 aromatic rings. The van der Waals surface area contributed by atoms with Crippen LogP contribution in [-0.2, 0) is 9.53 Å². The molecule has 0 spiro atoms. The first-order valence-corrected chi connectivity index (χ1v) is 9.33. The van der Waals surface area contributed by atoms with Crippen molar-refractivity contribution < 1.29 is 9.53 Å². The van der Waals surface area contributed by atoms with Gasteiger partial charge in [0.15, 0.2) is 0 Å². The van der Waals surface area contributed by atoms with Crippen molar-refractivity contribution in [1.29, 1.82) is 0 Å². The fraction of sp³-hybridized carbons (Fsp3) is 0.611. The van der Waals surface area contributed by atoms with Gasteiger partial charge in [-0.15, -0.1) is 11.8 Å². The number of hydrogen-bond donors (Lipinski definition) is 2. The van der Waals surface area contributed by atoms with Crippen molar-refractivity contribution in [3.63, 3.8) is 0 Å². The minimum atomic E-state index is -0.810. The van der Waals surface area contributed by atoms with Crippen LogP contribution in [0.4, 0.5) is 0 Å². The molecule has 3 atom stereocenters. The Morgan fingerprint density at radius 1 is 1.39 bits per heavy atom. The molecule has 3 unspecified atom stereocenters. The maximum Gasteiger partial charge on any atom is 0.241 e. The molecule has 0 radical (unpaired) electrons. The van der Waals surface area contributed by atoms with Crippen LogP contribution in [0.2, 0.25) is 0 Å². The van der Waals surface area contributed by atoms with Gasteiger partial charge in [-0.2, -0.15) is 0 Å². The molecule has 3 N–H and O–H groups in total. The molecular formula is C18H26N2O2S. The number of carbonyl (C=O) groups is 1. The van der Waals surface area contributed by atoms with E-state index in [9.17, 15) is 4.79 Å². The number of ether oxygens (including phenoxy) is 1. The van der Waals surface area contributed by atoms with E-state index in [2.05, 4.69) is 31.3 Å². The number of thioether (sulfide) groups is 1. The second kappa shape index (κ2) is 6.46. The van der Waals surface area contributed by atoms with Crippen molar-refractivity contribution in [3.8, 4) is 0 Å². The lowest BCUT2D eigenvalue weighted by Crippen LogP contribution is -2.82. The van der Waals surface area contributed by atoms with Gasteiger partial charge in [0.1, 0.15) is 5.54 Å². The summed E-state index contributed by atoms with van der Waals surface area (Å²) in [4.78, 5) is 13.9. The normalized spacial score (nSPS) is 31.8. The van der Waals surface area contributed by atoms with Crippen LogP contribution in [0, 0.1) is 11.3 Å². The van der Waals surface area contributed by atoms with E-state index >= 15 is 0 Å².